The lowest BCUT2D eigenvalue weighted by Gasteiger charge is -2.45. The van der Waals surface area contributed by atoms with Crippen molar-refractivity contribution in [3.8, 4) is 0 Å². The summed E-state index contributed by atoms with van der Waals surface area (Å²) in [5.41, 5.74) is 1.44. The van der Waals surface area contributed by atoms with Crippen LogP contribution in [0, 0.1) is 18.8 Å². The molecule has 1 aromatic rings. The smallest absolute Gasteiger partial charge is 0.0966 e. The molecule has 0 amide bonds. The third-order valence-electron chi connectivity index (χ3n) is 3.50. The van der Waals surface area contributed by atoms with Gasteiger partial charge in [0.1, 0.15) is 0 Å². The van der Waals surface area contributed by atoms with Crippen LogP contribution in [0.15, 0.2) is 16.9 Å². The van der Waals surface area contributed by atoms with E-state index in [0.29, 0.717) is 11.8 Å². The van der Waals surface area contributed by atoms with Gasteiger partial charge in [0.15, 0.2) is 0 Å². The van der Waals surface area contributed by atoms with E-state index in [1.165, 1.54) is 0 Å². The highest BCUT2D eigenvalue weighted by Crippen LogP contribution is 2.49. The van der Waals surface area contributed by atoms with Gasteiger partial charge in [-0.1, -0.05) is 13.8 Å². The lowest BCUT2D eigenvalue weighted by molar-refractivity contribution is -0.0940. The second-order valence-corrected chi connectivity index (χ2v) is 4.91. The van der Waals surface area contributed by atoms with Crippen molar-refractivity contribution in [2.45, 2.75) is 39.2 Å². The van der Waals surface area contributed by atoms with Gasteiger partial charge in [0, 0.05) is 5.56 Å². The van der Waals surface area contributed by atoms with E-state index < -0.39 is 5.60 Å². The number of hydrogen-bond acceptors (Lipinski definition) is 2. The van der Waals surface area contributed by atoms with Crippen LogP contribution in [0.25, 0.3) is 0 Å². The van der Waals surface area contributed by atoms with E-state index in [1.54, 1.807) is 12.5 Å². The fraction of sp³-hybridized carbons (Fsp3) is 0.667. The van der Waals surface area contributed by atoms with E-state index in [0.717, 1.165) is 24.0 Å². The van der Waals surface area contributed by atoms with Crippen molar-refractivity contribution >= 4 is 0 Å². The van der Waals surface area contributed by atoms with Crippen LogP contribution in [0.4, 0.5) is 0 Å². The van der Waals surface area contributed by atoms with Gasteiger partial charge in [-0.3, -0.25) is 0 Å². The molecular weight excluding hydrogens is 176 g/mol. The summed E-state index contributed by atoms with van der Waals surface area (Å²) >= 11 is 0. The lowest BCUT2D eigenvalue weighted by atomic mass is 9.63. The molecule has 1 heterocycles. The Bertz CT molecular complexity index is 319. The fourth-order valence-electron chi connectivity index (χ4n) is 2.34. The zero-order valence-electron chi connectivity index (χ0n) is 9.08. The predicted octanol–water partition coefficient (Wildman–Crippen LogP) is 2.84. The Morgan fingerprint density at radius 3 is 2.50 bits per heavy atom. The molecule has 0 spiro atoms. The Hall–Kier alpha value is -0.760. The molecule has 1 N–H and O–H groups in total. The zero-order valence-corrected chi connectivity index (χ0v) is 9.08. The number of rotatable bonds is 2. The van der Waals surface area contributed by atoms with Gasteiger partial charge in [-0.2, -0.15) is 0 Å². The predicted molar refractivity (Wildman–Crippen MR) is 54.9 cm³/mol. The summed E-state index contributed by atoms with van der Waals surface area (Å²) < 4.78 is 5.10. The Labute approximate surface area is 84.9 Å². The van der Waals surface area contributed by atoms with Gasteiger partial charge in [0.2, 0.25) is 0 Å². The first-order valence-corrected chi connectivity index (χ1v) is 5.28. The summed E-state index contributed by atoms with van der Waals surface area (Å²) in [5, 5.41) is 10.3. The van der Waals surface area contributed by atoms with Gasteiger partial charge < -0.3 is 9.52 Å². The number of furan rings is 1. The molecule has 2 heteroatoms. The SMILES string of the molecule is Cc1cocc1C1(O)CC(C(C)C)C1. The highest BCUT2D eigenvalue weighted by atomic mass is 16.3. The van der Waals surface area contributed by atoms with Crippen LogP contribution >= 0.6 is 0 Å². The molecule has 0 aromatic carbocycles. The number of aryl methyl sites for hydroxylation is 1. The summed E-state index contributed by atoms with van der Waals surface area (Å²) in [7, 11) is 0. The van der Waals surface area contributed by atoms with E-state index in [4.69, 9.17) is 4.42 Å². The van der Waals surface area contributed by atoms with E-state index >= 15 is 0 Å². The zero-order chi connectivity index (χ0) is 10.3. The minimum absolute atomic E-state index is 0.605. The third kappa shape index (κ3) is 1.38. The highest BCUT2D eigenvalue weighted by Gasteiger charge is 2.46. The van der Waals surface area contributed by atoms with Crippen molar-refractivity contribution in [3.05, 3.63) is 23.7 Å². The molecule has 1 saturated carbocycles. The summed E-state index contributed by atoms with van der Waals surface area (Å²) in [5.74, 6) is 1.33. The molecule has 0 saturated heterocycles. The van der Waals surface area contributed by atoms with E-state index in [1.807, 2.05) is 6.92 Å². The van der Waals surface area contributed by atoms with Crippen molar-refractivity contribution < 1.29 is 9.52 Å². The second-order valence-electron chi connectivity index (χ2n) is 4.91. The van der Waals surface area contributed by atoms with Crippen molar-refractivity contribution in [3.63, 3.8) is 0 Å². The quantitative estimate of drug-likeness (QED) is 0.785. The molecule has 14 heavy (non-hydrogen) atoms. The van der Waals surface area contributed by atoms with Crippen molar-refractivity contribution in [2.24, 2.45) is 11.8 Å². The topological polar surface area (TPSA) is 33.4 Å². The highest BCUT2D eigenvalue weighted by molar-refractivity contribution is 5.29. The number of aliphatic hydroxyl groups is 1. The third-order valence-corrected chi connectivity index (χ3v) is 3.50. The molecule has 0 bridgehead atoms. The van der Waals surface area contributed by atoms with Gasteiger partial charge in [-0.05, 0) is 37.2 Å². The Morgan fingerprint density at radius 1 is 1.43 bits per heavy atom. The molecule has 0 unspecified atom stereocenters. The van der Waals surface area contributed by atoms with Crippen LogP contribution in [-0.4, -0.2) is 5.11 Å². The monoisotopic (exact) mass is 194 g/mol. The molecule has 2 nitrogen and oxygen atoms in total. The van der Waals surface area contributed by atoms with Crippen molar-refractivity contribution in [2.75, 3.05) is 0 Å². The minimum Gasteiger partial charge on any atom is -0.472 e. The molecule has 0 aliphatic heterocycles. The maximum absolute atomic E-state index is 10.3. The van der Waals surface area contributed by atoms with Crippen LogP contribution in [0.3, 0.4) is 0 Å². The fourth-order valence-corrected chi connectivity index (χ4v) is 2.34. The maximum atomic E-state index is 10.3. The van der Waals surface area contributed by atoms with Gasteiger partial charge in [0.25, 0.3) is 0 Å². The summed E-state index contributed by atoms with van der Waals surface area (Å²) in [4.78, 5) is 0. The largest absolute Gasteiger partial charge is 0.472 e. The molecule has 1 aliphatic carbocycles. The standard InChI is InChI=1S/C12H18O2/c1-8(2)10-4-12(13,5-10)11-7-14-6-9(11)3/h6-8,10,13H,4-5H2,1-3H3. The number of hydrogen-bond donors (Lipinski definition) is 1. The van der Waals surface area contributed by atoms with Gasteiger partial charge in [-0.25, -0.2) is 0 Å². The van der Waals surface area contributed by atoms with Gasteiger partial charge in [0.05, 0.1) is 18.1 Å². The van der Waals surface area contributed by atoms with E-state index in [2.05, 4.69) is 13.8 Å². The van der Waals surface area contributed by atoms with Crippen LogP contribution in [0.2, 0.25) is 0 Å². The normalized spacial score (nSPS) is 31.9. The molecule has 1 aromatic heterocycles. The Balaban J connectivity index is 2.11. The first-order valence-electron chi connectivity index (χ1n) is 5.28. The minimum atomic E-state index is -0.605. The maximum Gasteiger partial charge on any atom is 0.0966 e. The van der Waals surface area contributed by atoms with E-state index in [-0.39, 0.29) is 0 Å². The molecule has 1 fully saturated rings. The second kappa shape index (κ2) is 3.13. The van der Waals surface area contributed by atoms with E-state index in [9.17, 15) is 5.11 Å². The van der Waals surface area contributed by atoms with Gasteiger partial charge in [-0.15, -0.1) is 0 Å². The summed E-state index contributed by atoms with van der Waals surface area (Å²) in [6.07, 6.45) is 5.15. The van der Waals surface area contributed by atoms with Crippen molar-refractivity contribution in [1.82, 2.24) is 0 Å². The van der Waals surface area contributed by atoms with Crippen LogP contribution in [0.5, 0.6) is 0 Å². The lowest BCUT2D eigenvalue weighted by Crippen LogP contribution is -2.43. The van der Waals surface area contributed by atoms with Crippen LogP contribution < -0.4 is 0 Å². The average Bonchev–Trinajstić information content (AvgIpc) is 2.45. The van der Waals surface area contributed by atoms with Gasteiger partial charge >= 0.3 is 0 Å². The summed E-state index contributed by atoms with van der Waals surface area (Å²) in [6, 6.07) is 0. The first-order chi connectivity index (χ1) is 6.53. The molecule has 0 atom stereocenters. The molecular formula is C12H18O2. The molecule has 0 radical (unpaired) electrons. The molecule has 2 rings (SSSR count). The average molecular weight is 194 g/mol. The Morgan fingerprint density at radius 2 is 2.07 bits per heavy atom. The van der Waals surface area contributed by atoms with Crippen LogP contribution in [-0.2, 0) is 5.60 Å². The Kier molecular flexibility index (Phi) is 2.18. The summed E-state index contributed by atoms with van der Waals surface area (Å²) in [6.45, 7) is 6.42. The first kappa shape index (κ1) is 9.78. The van der Waals surface area contributed by atoms with Crippen molar-refractivity contribution in [1.29, 1.82) is 0 Å². The van der Waals surface area contributed by atoms with Crippen LogP contribution in [0.1, 0.15) is 37.8 Å². The molecule has 78 valence electrons. The molecule has 1 aliphatic rings.